The van der Waals surface area contributed by atoms with Gasteiger partial charge in [0.05, 0.1) is 12.3 Å². The monoisotopic (exact) mass is 183 g/mol. The van der Waals surface area contributed by atoms with Gasteiger partial charge in [0.2, 0.25) is 0 Å². The molecule has 12 heavy (non-hydrogen) atoms. The number of aliphatic hydroxyl groups excluding tert-OH is 1. The van der Waals surface area contributed by atoms with E-state index in [1.807, 2.05) is 0 Å². The molecule has 0 amide bonds. The second kappa shape index (κ2) is 3.99. The molecule has 5 heteroatoms. The van der Waals surface area contributed by atoms with E-state index in [1.165, 1.54) is 0 Å². The van der Waals surface area contributed by atoms with E-state index in [4.69, 9.17) is 10.8 Å². The Morgan fingerprint density at radius 3 is 3.00 bits per heavy atom. The van der Waals surface area contributed by atoms with Crippen molar-refractivity contribution < 1.29 is 5.11 Å². The molecule has 0 atom stereocenters. The van der Waals surface area contributed by atoms with Gasteiger partial charge in [-0.1, -0.05) is 6.07 Å². The predicted octanol–water partition coefficient (Wildman–Crippen LogP) is 0.229. The molecule has 4 N–H and O–H groups in total. The van der Waals surface area contributed by atoms with Gasteiger partial charge in [0.1, 0.15) is 5.82 Å². The van der Waals surface area contributed by atoms with Crippen molar-refractivity contribution in [2.75, 3.05) is 5.32 Å². The van der Waals surface area contributed by atoms with Crippen LogP contribution in [0.3, 0.4) is 0 Å². The lowest BCUT2D eigenvalue weighted by Gasteiger charge is -2.03. The van der Waals surface area contributed by atoms with Gasteiger partial charge < -0.3 is 16.2 Å². The van der Waals surface area contributed by atoms with Gasteiger partial charge in [0.25, 0.3) is 0 Å². The van der Waals surface area contributed by atoms with Crippen molar-refractivity contribution in [3.63, 3.8) is 0 Å². The number of nitrogens with one attached hydrogen (secondary N) is 1. The quantitative estimate of drug-likeness (QED) is 0.572. The van der Waals surface area contributed by atoms with Crippen LogP contribution in [0.25, 0.3) is 0 Å². The minimum Gasteiger partial charge on any atom is -0.390 e. The number of nitrogens with two attached hydrogens (primary N) is 1. The average Bonchev–Trinajstić information content (AvgIpc) is 2.03. The van der Waals surface area contributed by atoms with Gasteiger partial charge in [-0.05, 0) is 24.4 Å². The summed E-state index contributed by atoms with van der Waals surface area (Å²) in [6.45, 7) is -0.0904. The third-order valence-corrected chi connectivity index (χ3v) is 1.32. The summed E-state index contributed by atoms with van der Waals surface area (Å²) in [5.74, 6) is 0.550. The molecule has 0 bridgehead atoms. The highest BCUT2D eigenvalue weighted by molar-refractivity contribution is 7.80. The zero-order valence-corrected chi connectivity index (χ0v) is 7.14. The third kappa shape index (κ3) is 2.44. The van der Waals surface area contributed by atoms with Crippen molar-refractivity contribution in [1.82, 2.24) is 4.98 Å². The van der Waals surface area contributed by atoms with E-state index < -0.39 is 0 Å². The Bertz CT molecular complexity index is 290. The second-order valence-electron chi connectivity index (χ2n) is 2.16. The van der Waals surface area contributed by atoms with Gasteiger partial charge in [-0.2, -0.15) is 0 Å². The molecule has 0 aliphatic rings. The molecular formula is C7H9N3OS. The normalized spacial score (nSPS) is 9.42. The summed E-state index contributed by atoms with van der Waals surface area (Å²) >= 11 is 4.62. The molecule has 0 aromatic carbocycles. The Morgan fingerprint density at radius 1 is 1.67 bits per heavy atom. The lowest BCUT2D eigenvalue weighted by molar-refractivity contribution is 0.277. The molecule has 0 saturated heterocycles. The molecule has 0 spiro atoms. The molecular weight excluding hydrogens is 174 g/mol. The number of aromatic nitrogens is 1. The topological polar surface area (TPSA) is 71.2 Å². The lowest BCUT2D eigenvalue weighted by Crippen LogP contribution is -2.19. The van der Waals surface area contributed by atoms with Crippen molar-refractivity contribution in [2.45, 2.75) is 6.61 Å². The summed E-state index contributed by atoms with van der Waals surface area (Å²) in [4.78, 5) is 4.00. The number of anilines is 1. The summed E-state index contributed by atoms with van der Waals surface area (Å²) in [6, 6.07) is 5.20. The zero-order valence-electron chi connectivity index (χ0n) is 6.32. The van der Waals surface area contributed by atoms with Gasteiger partial charge >= 0.3 is 0 Å². The molecule has 0 radical (unpaired) electrons. The smallest absolute Gasteiger partial charge is 0.169 e. The van der Waals surface area contributed by atoms with Crippen LogP contribution in [0.4, 0.5) is 5.82 Å². The number of pyridine rings is 1. The largest absolute Gasteiger partial charge is 0.390 e. The van der Waals surface area contributed by atoms with Crippen LogP contribution in [0, 0.1) is 0 Å². The minimum absolute atomic E-state index is 0.0904. The van der Waals surface area contributed by atoms with Gasteiger partial charge in [0.15, 0.2) is 5.11 Å². The van der Waals surface area contributed by atoms with E-state index in [0.717, 1.165) is 0 Å². The fourth-order valence-corrected chi connectivity index (χ4v) is 0.868. The first-order chi connectivity index (χ1) is 5.72. The van der Waals surface area contributed by atoms with Crippen molar-refractivity contribution >= 4 is 23.1 Å². The molecule has 0 aliphatic heterocycles. The van der Waals surface area contributed by atoms with Crippen molar-refractivity contribution in [3.05, 3.63) is 23.9 Å². The van der Waals surface area contributed by atoms with Gasteiger partial charge in [-0.15, -0.1) is 0 Å². The molecule has 0 saturated carbocycles. The maximum Gasteiger partial charge on any atom is 0.169 e. The van der Waals surface area contributed by atoms with E-state index in [-0.39, 0.29) is 11.7 Å². The summed E-state index contributed by atoms with van der Waals surface area (Å²) in [7, 11) is 0. The van der Waals surface area contributed by atoms with Crippen LogP contribution in [0.5, 0.6) is 0 Å². The SMILES string of the molecule is NC(=S)Nc1cccc(CO)n1. The maximum absolute atomic E-state index is 8.74. The highest BCUT2D eigenvalue weighted by atomic mass is 32.1. The summed E-state index contributed by atoms with van der Waals surface area (Å²) in [5.41, 5.74) is 5.81. The van der Waals surface area contributed by atoms with E-state index in [1.54, 1.807) is 18.2 Å². The Kier molecular flexibility index (Phi) is 2.95. The van der Waals surface area contributed by atoms with Crippen LogP contribution in [-0.4, -0.2) is 15.2 Å². The maximum atomic E-state index is 8.74. The fraction of sp³-hybridized carbons (Fsp3) is 0.143. The molecule has 0 unspecified atom stereocenters. The van der Waals surface area contributed by atoms with Crippen LogP contribution < -0.4 is 11.1 Å². The Hall–Kier alpha value is -1.20. The molecule has 1 heterocycles. The summed E-state index contributed by atoms with van der Waals surface area (Å²) < 4.78 is 0. The minimum atomic E-state index is -0.0904. The average molecular weight is 183 g/mol. The number of aliphatic hydroxyl groups is 1. The number of hydrogen-bond donors (Lipinski definition) is 3. The zero-order chi connectivity index (χ0) is 8.97. The number of rotatable bonds is 2. The standard InChI is InChI=1S/C7H9N3OS/c8-7(12)10-6-3-1-2-5(4-11)9-6/h1-3,11H,4H2,(H3,8,9,10,12). The highest BCUT2D eigenvalue weighted by Gasteiger charge is 1.95. The molecule has 1 rings (SSSR count). The summed E-state index contributed by atoms with van der Waals surface area (Å²) in [5, 5.41) is 11.6. The molecule has 64 valence electrons. The summed E-state index contributed by atoms with van der Waals surface area (Å²) in [6.07, 6.45) is 0. The third-order valence-electron chi connectivity index (χ3n) is 1.22. The highest BCUT2D eigenvalue weighted by Crippen LogP contribution is 2.03. The van der Waals surface area contributed by atoms with Crippen LogP contribution in [0.2, 0.25) is 0 Å². The Morgan fingerprint density at radius 2 is 2.42 bits per heavy atom. The van der Waals surface area contributed by atoms with Gasteiger partial charge in [0, 0.05) is 0 Å². The molecule has 0 aliphatic carbocycles. The van der Waals surface area contributed by atoms with Gasteiger partial charge in [-0.25, -0.2) is 4.98 Å². The lowest BCUT2D eigenvalue weighted by atomic mass is 10.3. The predicted molar refractivity (Wildman–Crippen MR) is 50.6 cm³/mol. The first kappa shape index (κ1) is 8.89. The Balaban J connectivity index is 2.79. The number of nitrogens with zero attached hydrogens (tertiary/aromatic N) is 1. The fourth-order valence-electron chi connectivity index (χ4n) is 0.763. The van der Waals surface area contributed by atoms with Crippen LogP contribution >= 0.6 is 12.2 Å². The van der Waals surface area contributed by atoms with Crippen molar-refractivity contribution in [2.24, 2.45) is 5.73 Å². The molecule has 4 nitrogen and oxygen atoms in total. The number of hydrogen-bond acceptors (Lipinski definition) is 3. The molecule has 0 fully saturated rings. The first-order valence-corrected chi connectivity index (χ1v) is 3.76. The number of thiocarbonyl (C=S) groups is 1. The molecule has 1 aromatic rings. The van der Waals surface area contributed by atoms with Gasteiger partial charge in [-0.3, -0.25) is 0 Å². The van der Waals surface area contributed by atoms with E-state index in [9.17, 15) is 0 Å². The first-order valence-electron chi connectivity index (χ1n) is 3.35. The van der Waals surface area contributed by atoms with E-state index in [0.29, 0.717) is 11.5 Å². The Labute approximate surface area is 75.4 Å². The van der Waals surface area contributed by atoms with Crippen molar-refractivity contribution in [3.8, 4) is 0 Å². The van der Waals surface area contributed by atoms with Crippen LogP contribution in [0.1, 0.15) is 5.69 Å². The molecule has 1 aromatic heterocycles. The second-order valence-corrected chi connectivity index (χ2v) is 2.60. The van der Waals surface area contributed by atoms with Crippen molar-refractivity contribution in [1.29, 1.82) is 0 Å². The van der Waals surface area contributed by atoms with Crippen LogP contribution in [0.15, 0.2) is 18.2 Å². The van der Waals surface area contributed by atoms with Crippen LogP contribution in [-0.2, 0) is 6.61 Å². The van der Waals surface area contributed by atoms with E-state index >= 15 is 0 Å². The van der Waals surface area contributed by atoms with E-state index in [2.05, 4.69) is 22.5 Å².